The van der Waals surface area contributed by atoms with Crippen molar-refractivity contribution in [3.63, 3.8) is 0 Å². The van der Waals surface area contributed by atoms with Crippen LogP contribution in [0.25, 0.3) is 0 Å². The zero-order valence-corrected chi connectivity index (χ0v) is 10.1. The Morgan fingerprint density at radius 3 is 2.81 bits per heavy atom. The molecule has 0 aliphatic heterocycles. The molecule has 0 amide bonds. The summed E-state index contributed by atoms with van der Waals surface area (Å²) >= 11 is 1.63. The van der Waals surface area contributed by atoms with Gasteiger partial charge in [-0.2, -0.15) is 0 Å². The van der Waals surface area contributed by atoms with Crippen molar-refractivity contribution in [3.05, 3.63) is 40.3 Å². The number of aryl methyl sites for hydroxylation is 1. The van der Waals surface area contributed by atoms with Crippen molar-refractivity contribution in [2.45, 2.75) is 13.5 Å². The van der Waals surface area contributed by atoms with E-state index in [-0.39, 0.29) is 0 Å². The molecule has 1 aromatic heterocycles. The van der Waals surface area contributed by atoms with Gasteiger partial charge in [-0.15, -0.1) is 11.3 Å². The van der Waals surface area contributed by atoms with E-state index >= 15 is 0 Å². The molecule has 0 aliphatic rings. The van der Waals surface area contributed by atoms with E-state index in [1.165, 1.54) is 0 Å². The van der Waals surface area contributed by atoms with Crippen molar-refractivity contribution >= 4 is 11.3 Å². The smallest absolute Gasteiger partial charge is 0.131 e. The lowest BCUT2D eigenvalue weighted by molar-refractivity contribution is 0.299. The van der Waals surface area contributed by atoms with E-state index in [0.717, 1.165) is 22.2 Å². The second kappa shape index (κ2) is 4.99. The van der Waals surface area contributed by atoms with Crippen molar-refractivity contribution in [1.82, 2.24) is 4.98 Å². The molecule has 4 heteroatoms. The number of nitrogens with zero attached hydrogens (tertiary/aromatic N) is 1. The summed E-state index contributed by atoms with van der Waals surface area (Å²) in [7, 11) is 1.64. The highest BCUT2D eigenvalue weighted by Crippen LogP contribution is 2.20. The van der Waals surface area contributed by atoms with Gasteiger partial charge in [0.25, 0.3) is 0 Å². The number of methoxy groups -OCH3 is 1. The Bertz CT molecular complexity index is 468. The highest BCUT2D eigenvalue weighted by atomic mass is 32.1. The topological polar surface area (TPSA) is 31.4 Å². The molecule has 0 spiro atoms. The van der Waals surface area contributed by atoms with E-state index in [1.54, 1.807) is 18.4 Å². The lowest BCUT2D eigenvalue weighted by Gasteiger charge is -2.05. The van der Waals surface area contributed by atoms with Gasteiger partial charge >= 0.3 is 0 Å². The van der Waals surface area contributed by atoms with Crippen molar-refractivity contribution in [2.24, 2.45) is 0 Å². The number of ether oxygens (including phenoxy) is 2. The number of thiazole rings is 1. The predicted octanol–water partition coefficient (Wildman–Crippen LogP) is 3.04. The fourth-order valence-electron chi connectivity index (χ4n) is 1.32. The lowest BCUT2D eigenvalue weighted by atomic mass is 10.3. The van der Waals surface area contributed by atoms with Crippen LogP contribution in [0, 0.1) is 6.92 Å². The summed E-state index contributed by atoms with van der Waals surface area (Å²) in [4.78, 5) is 4.33. The molecule has 0 fully saturated rings. The molecular weight excluding hydrogens is 222 g/mol. The molecule has 1 aromatic carbocycles. The second-order valence-corrected chi connectivity index (χ2v) is 4.39. The van der Waals surface area contributed by atoms with Crippen LogP contribution in [0.2, 0.25) is 0 Å². The van der Waals surface area contributed by atoms with Crippen LogP contribution in [-0.4, -0.2) is 12.1 Å². The maximum Gasteiger partial charge on any atom is 0.131 e. The van der Waals surface area contributed by atoms with Crippen molar-refractivity contribution in [2.75, 3.05) is 7.11 Å². The van der Waals surface area contributed by atoms with Gasteiger partial charge in [0.2, 0.25) is 0 Å². The molecule has 0 unspecified atom stereocenters. The average Bonchev–Trinajstić information content (AvgIpc) is 2.73. The molecule has 0 radical (unpaired) electrons. The molecule has 0 aliphatic carbocycles. The number of hydrogen-bond acceptors (Lipinski definition) is 4. The Labute approximate surface area is 98.7 Å². The minimum atomic E-state index is 0.498. The number of aromatic nitrogens is 1. The normalized spacial score (nSPS) is 10.1. The Hall–Kier alpha value is -1.55. The highest BCUT2D eigenvalue weighted by Gasteiger charge is 2.00. The fourth-order valence-corrected chi connectivity index (χ4v) is 1.92. The summed E-state index contributed by atoms with van der Waals surface area (Å²) in [5.41, 5.74) is 0.963. The van der Waals surface area contributed by atoms with E-state index < -0.39 is 0 Å². The Morgan fingerprint density at radius 1 is 1.31 bits per heavy atom. The van der Waals surface area contributed by atoms with Crippen molar-refractivity contribution in [1.29, 1.82) is 0 Å². The fraction of sp³-hybridized carbons (Fsp3) is 0.250. The second-order valence-electron chi connectivity index (χ2n) is 3.33. The molecule has 0 N–H and O–H groups in total. The van der Waals surface area contributed by atoms with Crippen LogP contribution in [0.5, 0.6) is 11.5 Å². The zero-order chi connectivity index (χ0) is 11.4. The third kappa shape index (κ3) is 2.73. The van der Waals surface area contributed by atoms with Crippen LogP contribution in [0.3, 0.4) is 0 Å². The summed E-state index contributed by atoms with van der Waals surface area (Å²) in [6.45, 7) is 2.48. The third-order valence-electron chi connectivity index (χ3n) is 2.09. The summed E-state index contributed by atoms with van der Waals surface area (Å²) in [5, 5.41) is 3.07. The molecule has 2 aromatic rings. The summed E-state index contributed by atoms with van der Waals surface area (Å²) < 4.78 is 10.7. The molecule has 0 saturated carbocycles. The van der Waals surface area contributed by atoms with Crippen LogP contribution in [-0.2, 0) is 6.61 Å². The van der Waals surface area contributed by atoms with Gasteiger partial charge in [-0.25, -0.2) is 4.98 Å². The van der Waals surface area contributed by atoms with Gasteiger partial charge in [0.05, 0.1) is 17.8 Å². The average molecular weight is 235 g/mol. The van der Waals surface area contributed by atoms with Gasteiger partial charge in [-0.05, 0) is 19.1 Å². The number of benzene rings is 1. The SMILES string of the molecule is COc1cccc(OCc2csc(C)n2)c1. The first-order valence-corrected chi connectivity index (χ1v) is 5.84. The summed E-state index contributed by atoms with van der Waals surface area (Å²) in [6, 6.07) is 7.56. The Kier molecular flexibility index (Phi) is 3.41. The predicted molar refractivity (Wildman–Crippen MR) is 64.2 cm³/mol. The molecule has 3 nitrogen and oxygen atoms in total. The first kappa shape index (κ1) is 11.0. The molecule has 1 heterocycles. The molecule has 16 heavy (non-hydrogen) atoms. The van der Waals surface area contributed by atoms with Gasteiger partial charge in [-0.3, -0.25) is 0 Å². The minimum absolute atomic E-state index is 0.498. The standard InChI is InChI=1S/C12H13NO2S/c1-9-13-10(8-16-9)7-15-12-5-3-4-11(6-12)14-2/h3-6,8H,7H2,1-2H3. The maximum absolute atomic E-state index is 5.61. The summed E-state index contributed by atoms with van der Waals surface area (Å²) in [5.74, 6) is 1.59. The van der Waals surface area contributed by atoms with Gasteiger partial charge < -0.3 is 9.47 Å². The zero-order valence-electron chi connectivity index (χ0n) is 9.27. The molecule has 0 saturated heterocycles. The van der Waals surface area contributed by atoms with Crippen LogP contribution in [0.1, 0.15) is 10.7 Å². The third-order valence-corrected chi connectivity index (χ3v) is 2.92. The monoisotopic (exact) mass is 235 g/mol. The number of hydrogen-bond donors (Lipinski definition) is 0. The van der Waals surface area contributed by atoms with Gasteiger partial charge in [0.15, 0.2) is 0 Å². The Balaban J connectivity index is 1.99. The van der Waals surface area contributed by atoms with E-state index in [4.69, 9.17) is 9.47 Å². The molecule has 2 rings (SSSR count). The van der Waals surface area contributed by atoms with Gasteiger partial charge in [0, 0.05) is 11.4 Å². The molecule has 0 atom stereocenters. The maximum atomic E-state index is 5.61. The van der Waals surface area contributed by atoms with E-state index in [1.807, 2.05) is 36.6 Å². The van der Waals surface area contributed by atoms with Crippen molar-refractivity contribution < 1.29 is 9.47 Å². The van der Waals surface area contributed by atoms with Crippen molar-refractivity contribution in [3.8, 4) is 11.5 Å². The number of rotatable bonds is 4. The largest absolute Gasteiger partial charge is 0.497 e. The Morgan fingerprint density at radius 2 is 2.12 bits per heavy atom. The molecule has 84 valence electrons. The first-order chi connectivity index (χ1) is 7.78. The quantitative estimate of drug-likeness (QED) is 0.816. The first-order valence-electron chi connectivity index (χ1n) is 4.96. The van der Waals surface area contributed by atoms with E-state index in [2.05, 4.69) is 4.98 Å². The van der Waals surface area contributed by atoms with Crippen LogP contribution in [0.15, 0.2) is 29.6 Å². The van der Waals surface area contributed by atoms with Crippen LogP contribution in [0.4, 0.5) is 0 Å². The highest BCUT2D eigenvalue weighted by molar-refractivity contribution is 7.09. The van der Waals surface area contributed by atoms with Crippen LogP contribution >= 0.6 is 11.3 Å². The minimum Gasteiger partial charge on any atom is -0.497 e. The van der Waals surface area contributed by atoms with Gasteiger partial charge in [-0.1, -0.05) is 6.07 Å². The van der Waals surface area contributed by atoms with Gasteiger partial charge in [0.1, 0.15) is 18.1 Å². The molecular formula is C12H13NO2S. The summed E-state index contributed by atoms with van der Waals surface area (Å²) in [6.07, 6.45) is 0. The molecule has 0 bridgehead atoms. The lowest BCUT2D eigenvalue weighted by Crippen LogP contribution is -1.96. The van der Waals surface area contributed by atoms with E-state index in [9.17, 15) is 0 Å². The van der Waals surface area contributed by atoms with E-state index in [0.29, 0.717) is 6.61 Å². The van der Waals surface area contributed by atoms with Crippen LogP contribution < -0.4 is 9.47 Å².